The van der Waals surface area contributed by atoms with Crippen molar-refractivity contribution in [3.05, 3.63) is 94.8 Å². The molecular formula is C21H17NO. The van der Waals surface area contributed by atoms with E-state index in [1.165, 1.54) is 22.3 Å². The van der Waals surface area contributed by atoms with Crippen molar-refractivity contribution in [1.82, 2.24) is 4.98 Å². The van der Waals surface area contributed by atoms with Gasteiger partial charge in [-0.15, -0.1) is 0 Å². The molecule has 1 aliphatic rings. The number of nitrogens with zero attached hydrogens (tertiary/aromatic N) is 1. The Morgan fingerprint density at radius 1 is 0.870 bits per heavy atom. The van der Waals surface area contributed by atoms with Crippen molar-refractivity contribution < 1.29 is 5.11 Å². The highest BCUT2D eigenvalue weighted by molar-refractivity contribution is 5.93. The predicted molar refractivity (Wildman–Crippen MR) is 93.2 cm³/mol. The maximum absolute atomic E-state index is 9.75. The molecule has 0 bridgehead atoms. The summed E-state index contributed by atoms with van der Waals surface area (Å²) in [5.74, 6) is 0.285. The van der Waals surface area contributed by atoms with Crippen LogP contribution in [0.4, 0.5) is 0 Å². The van der Waals surface area contributed by atoms with Crippen LogP contribution in [0.25, 0.3) is 11.6 Å². The molecule has 2 heteroatoms. The van der Waals surface area contributed by atoms with Gasteiger partial charge < -0.3 is 5.11 Å². The van der Waals surface area contributed by atoms with E-state index in [-0.39, 0.29) is 5.75 Å². The topological polar surface area (TPSA) is 33.1 Å². The summed E-state index contributed by atoms with van der Waals surface area (Å²) in [6.07, 6.45) is 5.95. The molecule has 2 aromatic carbocycles. The molecule has 112 valence electrons. The van der Waals surface area contributed by atoms with Crippen LogP contribution < -0.4 is 0 Å². The highest BCUT2D eigenvalue weighted by Gasteiger charge is 2.18. The Labute approximate surface area is 135 Å². The molecule has 0 saturated heterocycles. The predicted octanol–water partition coefficient (Wildman–Crippen LogP) is 4.47. The van der Waals surface area contributed by atoms with Crippen LogP contribution in [0.1, 0.15) is 27.9 Å². The third-order valence-corrected chi connectivity index (χ3v) is 4.30. The van der Waals surface area contributed by atoms with Gasteiger partial charge in [-0.2, -0.15) is 0 Å². The van der Waals surface area contributed by atoms with Crippen LogP contribution in [0.5, 0.6) is 5.75 Å². The van der Waals surface area contributed by atoms with Crippen LogP contribution in [0, 0.1) is 0 Å². The number of phenolic OH excluding ortho intramolecular Hbond substituents is 1. The quantitative estimate of drug-likeness (QED) is 0.719. The van der Waals surface area contributed by atoms with Crippen molar-refractivity contribution in [3.63, 3.8) is 0 Å². The van der Waals surface area contributed by atoms with Gasteiger partial charge >= 0.3 is 0 Å². The monoisotopic (exact) mass is 299 g/mol. The second-order valence-electron chi connectivity index (χ2n) is 5.81. The molecule has 1 N–H and O–H groups in total. The molecule has 1 heterocycles. The van der Waals surface area contributed by atoms with Gasteiger partial charge in [-0.05, 0) is 59.4 Å². The van der Waals surface area contributed by atoms with Gasteiger partial charge in [0, 0.05) is 17.5 Å². The summed E-state index contributed by atoms with van der Waals surface area (Å²) in [4.78, 5) is 4.58. The summed E-state index contributed by atoms with van der Waals surface area (Å²) in [5.41, 5.74) is 7.08. The minimum Gasteiger partial charge on any atom is -0.508 e. The Hall–Kier alpha value is -2.87. The molecular weight excluding hydrogens is 282 g/mol. The van der Waals surface area contributed by atoms with Crippen LogP contribution in [0.15, 0.2) is 66.9 Å². The van der Waals surface area contributed by atoms with Crippen molar-refractivity contribution in [2.75, 3.05) is 0 Å². The zero-order valence-corrected chi connectivity index (χ0v) is 12.7. The van der Waals surface area contributed by atoms with Crippen molar-refractivity contribution in [2.45, 2.75) is 12.8 Å². The summed E-state index contributed by atoms with van der Waals surface area (Å²) >= 11 is 0. The third-order valence-electron chi connectivity index (χ3n) is 4.30. The number of aryl methyl sites for hydroxylation is 2. The van der Waals surface area contributed by atoms with Crippen LogP contribution in [0.2, 0.25) is 0 Å². The lowest BCUT2D eigenvalue weighted by atomic mass is 9.93. The Kier molecular flexibility index (Phi) is 3.43. The molecule has 0 atom stereocenters. The van der Waals surface area contributed by atoms with Gasteiger partial charge in [0.15, 0.2) is 0 Å². The van der Waals surface area contributed by atoms with Crippen molar-refractivity contribution >= 4 is 11.6 Å². The Morgan fingerprint density at radius 3 is 2.65 bits per heavy atom. The van der Waals surface area contributed by atoms with E-state index in [1.807, 2.05) is 24.4 Å². The van der Waals surface area contributed by atoms with E-state index in [9.17, 15) is 5.11 Å². The fourth-order valence-electron chi connectivity index (χ4n) is 3.22. The van der Waals surface area contributed by atoms with Gasteiger partial charge in [-0.25, -0.2) is 0 Å². The lowest BCUT2D eigenvalue weighted by Crippen LogP contribution is -1.95. The number of hydrogen-bond donors (Lipinski definition) is 1. The molecule has 0 aliphatic heterocycles. The second-order valence-corrected chi connectivity index (χ2v) is 5.81. The molecule has 0 fully saturated rings. The standard InChI is InChI=1S/C21H17NO/c23-17-7-3-5-15(13-17)14-20-18-8-2-1-6-16(18)10-11-21-19(20)9-4-12-22-21/h1-9,12-14,23H,10-11H2/b20-14+. The largest absolute Gasteiger partial charge is 0.508 e. The molecule has 3 aromatic rings. The number of pyridine rings is 1. The average molecular weight is 299 g/mol. The summed E-state index contributed by atoms with van der Waals surface area (Å²) < 4.78 is 0. The van der Waals surface area contributed by atoms with Crippen LogP contribution in [-0.2, 0) is 12.8 Å². The van der Waals surface area contributed by atoms with Gasteiger partial charge in [-0.1, -0.05) is 42.5 Å². The SMILES string of the molecule is Oc1cccc(/C=C2\c3ccccc3CCc3ncccc32)c1. The lowest BCUT2D eigenvalue weighted by Gasteiger charge is -2.11. The van der Waals surface area contributed by atoms with Crippen LogP contribution in [0.3, 0.4) is 0 Å². The number of phenols is 1. The van der Waals surface area contributed by atoms with Gasteiger partial charge in [0.25, 0.3) is 0 Å². The van der Waals surface area contributed by atoms with E-state index in [2.05, 4.69) is 41.4 Å². The first-order valence-corrected chi connectivity index (χ1v) is 7.84. The normalized spacial score (nSPS) is 14.9. The summed E-state index contributed by atoms with van der Waals surface area (Å²) in [6.45, 7) is 0. The summed E-state index contributed by atoms with van der Waals surface area (Å²) in [5, 5.41) is 9.75. The molecule has 0 radical (unpaired) electrons. The average Bonchev–Trinajstić information content (AvgIpc) is 2.73. The first-order valence-electron chi connectivity index (χ1n) is 7.84. The van der Waals surface area contributed by atoms with Crippen molar-refractivity contribution in [3.8, 4) is 5.75 Å². The van der Waals surface area contributed by atoms with E-state index in [4.69, 9.17) is 0 Å². The van der Waals surface area contributed by atoms with Crippen LogP contribution in [-0.4, -0.2) is 10.1 Å². The molecule has 1 aliphatic carbocycles. The van der Waals surface area contributed by atoms with E-state index in [1.54, 1.807) is 12.1 Å². The Morgan fingerprint density at radius 2 is 1.74 bits per heavy atom. The Balaban J connectivity index is 1.97. The smallest absolute Gasteiger partial charge is 0.116 e. The van der Waals surface area contributed by atoms with E-state index < -0.39 is 0 Å². The number of aromatic nitrogens is 1. The zero-order chi connectivity index (χ0) is 15.6. The minimum atomic E-state index is 0.285. The molecule has 2 nitrogen and oxygen atoms in total. The molecule has 23 heavy (non-hydrogen) atoms. The number of hydrogen-bond acceptors (Lipinski definition) is 2. The number of benzene rings is 2. The highest BCUT2D eigenvalue weighted by atomic mass is 16.3. The maximum Gasteiger partial charge on any atom is 0.116 e. The second kappa shape index (κ2) is 5.73. The molecule has 0 saturated carbocycles. The maximum atomic E-state index is 9.75. The number of rotatable bonds is 1. The minimum absolute atomic E-state index is 0.285. The van der Waals surface area contributed by atoms with Gasteiger partial charge in [-0.3, -0.25) is 4.98 Å². The molecule has 1 aromatic heterocycles. The van der Waals surface area contributed by atoms with Crippen LogP contribution >= 0.6 is 0 Å². The zero-order valence-electron chi connectivity index (χ0n) is 12.7. The van der Waals surface area contributed by atoms with Gasteiger partial charge in [0.1, 0.15) is 5.75 Å². The first kappa shape index (κ1) is 13.8. The molecule has 4 rings (SSSR count). The van der Waals surface area contributed by atoms with Gasteiger partial charge in [0.05, 0.1) is 0 Å². The number of fused-ring (bicyclic) bond motifs is 2. The van der Waals surface area contributed by atoms with E-state index >= 15 is 0 Å². The Bertz CT molecular complexity index is 846. The molecule has 0 amide bonds. The molecule has 0 spiro atoms. The fourth-order valence-corrected chi connectivity index (χ4v) is 3.22. The van der Waals surface area contributed by atoms with Crippen molar-refractivity contribution in [1.29, 1.82) is 0 Å². The fraction of sp³-hybridized carbons (Fsp3) is 0.0952. The van der Waals surface area contributed by atoms with Gasteiger partial charge in [0.2, 0.25) is 0 Å². The van der Waals surface area contributed by atoms with E-state index in [0.29, 0.717) is 0 Å². The summed E-state index contributed by atoms with van der Waals surface area (Å²) in [6, 6.07) is 20.0. The number of aromatic hydroxyl groups is 1. The van der Waals surface area contributed by atoms with E-state index in [0.717, 1.165) is 24.1 Å². The lowest BCUT2D eigenvalue weighted by molar-refractivity contribution is 0.475. The summed E-state index contributed by atoms with van der Waals surface area (Å²) in [7, 11) is 0. The highest BCUT2D eigenvalue weighted by Crippen LogP contribution is 2.34. The molecule has 0 unspecified atom stereocenters. The first-order chi connectivity index (χ1) is 11.3. The van der Waals surface area contributed by atoms with Crippen molar-refractivity contribution in [2.24, 2.45) is 0 Å². The third kappa shape index (κ3) is 2.64.